The molecule has 0 spiro atoms. The van der Waals surface area contributed by atoms with Gasteiger partial charge in [-0.25, -0.2) is 35.1 Å². The molecule has 0 atom stereocenters. The summed E-state index contributed by atoms with van der Waals surface area (Å²) in [5.41, 5.74) is -4.96. The van der Waals surface area contributed by atoms with Gasteiger partial charge in [-0.05, 0) is 16.6 Å². The predicted octanol–water partition coefficient (Wildman–Crippen LogP) is 8.16. The first-order valence-corrected chi connectivity index (χ1v) is 11.8. The van der Waals surface area contributed by atoms with Crippen molar-refractivity contribution in [2.24, 2.45) is 0 Å². The Kier molecular flexibility index (Phi) is 7.33. The van der Waals surface area contributed by atoms with E-state index in [2.05, 4.69) is 0 Å². The van der Waals surface area contributed by atoms with E-state index in [0.717, 1.165) is 0 Å². The summed E-state index contributed by atoms with van der Waals surface area (Å²) in [5, 5.41) is 0. The van der Waals surface area contributed by atoms with Crippen LogP contribution in [0.25, 0.3) is 11.1 Å². The van der Waals surface area contributed by atoms with Gasteiger partial charge in [0.25, 0.3) is 8.32 Å². The van der Waals surface area contributed by atoms with E-state index in [1.165, 1.54) is 0 Å². The van der Waals surface area contributed by atoms with Gasteiger partial charge >= 0.3 is 0 Å². The molecule has 0 N–H and O–H groups in total. The SMILES string of the molecule is CC(C)[Si](Oc1c(F)c(F)c(F)c(-c2c(F)c(F)c(F)c(F)c2F)c1F)(C(C)C)C(C)C. The average Bonchev–Trinajstić information content (AvgIpc) is 2.71. The lowest BCUT2D eigenvalue weighted by atomic mass is 10.0. The fraction of sp³-hybridized carbons (Fsp3) is 0.429. The minimum atomic E-state index is -3.22. The van der Waals surface area contributed by atoms with Crippen molar-refractivity contribution in [1.82, 2.24) is 0 Å². The van der Waals surface area contributed by atoms with E-state index in [9.17, 15) is 35.1 Å². The lowest BCUT2D eigenvalue weighted by molar-refractivity contribution is 0.369. The summed E-state index contributed by atoms with van der Waals surface area (Å²) in [7, 11) is -3.22. The third-order valence-corrected chi connectivity index (χ3v) is 11.6. The Labute approximate surface area is 180 Å². The van der Waals surface area contributed by atoms with Crippen molar-refractivity contribution in [3.8, 4) is 16.9 Å². The maximum atomic E-state index is 15.3. The standard InChI is InChI=1S/C21H21F9OSi/c1-7(2)32(8(3)4,9(5)6)31-21-15(25)11(14(24)18(28)20(21)30)10-12(22)16(26)19(29)17(27)13(10)23/h7-9H,1-6H3. The van der Waals surface area contributed by atoms with Crippen LogP contribution in [0.15, 0.2) is 0 Å². The van der Waals surface area contributed by atoms with Crippen molar-refractivity contribution in [2.75, 3.05) is 0 Å². The molecule has 0 saturated heterocycles. The van der Waals surface area contributed by atoms with Crippen LogP contribution in [0.3, 0.4) is 0 Å². The van der Waals surface area contributed by atoms with Gasteiger partial charge in [0.15, 0.2) is 46.5 Å². The Bertz CT molecular complexity index is 1000. The van der Waals surface area contributed by atoms with Crippen LogP contribution in [0.1, 0.15) is 41.5 Å². The minimum absolute atomic E-state index is 0.313. The molecule has 0 aromatic heterocycles. The molecule has 2 rings (SSSR count). The molecule has 2 aromatic carbocycles. The van der Waals surface area contributed by atoms with Crippen LogP contribution in [0.2, 0.25) is 16.6 Å². The van der Waals surface area contributed by atoms with E-state index in [1.807, 2.05) is 0 Å². The molecule has 0 bridgehead atoms. The predicted molar refractivity (Wildman–Crippen MR) is 103 cm³/mol. The van der Waals surface area contributed by atoms with Gasteiger partial charge in [-0.15, -0.1) is 0 Å². The Balaban J connectivity index is 2.98. The van der Waals surface area contributed by atoms with Gasteiger partial charge in [0, 0.05) is 0 Å². The normalized spacial score (nSPS) is 12.4. The van der Waals surface area contributed by atoms with Crippen LogP contribution < -0.4 is 4.43 Å². The van der Waals surface area contributed by atoms with Gasteiger partial charge in [-0.1, -0.05) is 41.5 Å². The zero-order chi connectivity index (χ0) is 24.9. The highest BCUT2D eigenvalue weighted by Crippen LogP contribution is 2.46. The Hall–Kier alpha value is -2.17. The van der Waals surface area contributed by atoms with Crippen LogP contribution in [-0.4, -0.2) is 8.32 Å². The molecule has 1 nitrogen and oxygen atoms in total. The van der Waals surface area contributed by atoms with E-state index in [4.69, 9.17) is 4.43 Å². The molecule has 11 heteroatoms. The number of rotatable bonds is 6. The van der Waals surface area contributed by atoms with Gasteiger partial charge in [-0.2, -0.15) is 4.39 Å². The third-order valence-electron chi connectivity index (χ3n) is 5.67. The van der Waals surface area contributed by atoms with Crippen molar-refractivity contribution < 1.29 is 43.9 Å². The Morgan fingerprint density at radius 3 is 1.06 bits per heavy atom. The maximum Gasteiger partial charge on any atom is 0.259 e. The molecule has 2 aromatic rings. The van der Waals surface area contributed by atoms with Crippen LogP contribution in [0.5, 0.6) is 5.75 Å². The number of hydrogen-bond acceptors (Lipinski definition) is 1. The molecular formula is C21H21F9OSi. The van der Waals surface area contributed by atoms with Gasteiger partial charge in [0.05, 0.1) is 11.1 Å². The molecular weight excluding hydrogens is 467 g/mol. The summed E-state index contributed by atoms with van der Waals surface area (Å²) in [4.78, 5) is 0. The topological polar surface area (TPSA) is 9.23 Å². The quantitative estimate of drug-likeness (QED) is 0.173. The second kappa shape index (κ2) is 8.99. The molecule has 0 fully saturated rings. The molecule has 178 valence electrons. The molecule has 32 heavy (non-hydrogen) atoms. The second-order valence-electron chi connectivity index (χ2n) is 8.32. The third kappa shape index (κ3) is 3.78. The summed E-state index contributed by atoms with van der Waals surface area (Å²) in [6.45, 7) is 10.2. The lowest BCUT2D eigenvalue weighted by Crippen LogP contribution is -2.51. The molecule has 0 aliphatic rings. The first kappa shape index (κ1) is 26.1. The van der Waals surface area contributed by atoms with Gasteiger partial charge in [-0.3, -0.25) is 0 Å². The van der Waals surface area contributed by atoms with E-state index < -0.39 is 77.5 Å². The van der Waals surface area contributed by atoms with E-state index in [-0.39, 0.29) is 16.6 Å². The monoisotopic (exact) mass is 488 g/mol. The van der Waals surface area contributed by atoms with Crippen molar-refractivity contribution >= 4 is 8.32 Å². The van der Waals surface area contributed by atoms with Crippen molar-refractivity contribution in [1.29, 1.82) is 0 Å². The van der Waals surface area contributed by atoms with Crippen LogP contribution >= 0.6 is 0 Å². The summed E-state index contributed by atoms with van der Waals surface area (Å²) >= 11 is 0. The minimum Gasteiger partial charge on any atom is -0.539 e. The van der Waals surface area contributed by atoms with Crippen molar-refractivity contribution in [3.63, 3.8) is 0 Å². The summed E-state index contributed by atoms with van der Waals surface area (Å²) < 4.78 is 133. The van der Waals surface area contributed by atoms with Crippen LogP contribution in [0, 0.1) is 52.4 Å². The van der Waals surface area contributed by atoms with E-state index in [1.54, 1.807) is 41.5 Å². The molecule has 0 amide bonds. The first-order valence-electron chi connectivity index (χ1n) is 9.69. The molecule has 0 heterocycles. The largest absolute Gasteiger partial charge is 0.539 e. The number of halogens is 9. The van der Waals surface area contributed by atoms with Gasteiger partial charge in [0.2, 0.25) is 11.6 Å². The fourth-order valence-corrected chi connectivity index (χ4v) is 9.52. The summed E-state index contributed by atoms with van der Waals surface area (Å²) in [5.74, 6) is -23.3. The molecule has 0 saturated carbocycles. The van der Waals surface area contributed by atoms with Gasteiger partial charge in [0.1, 0.15) is 0 Å². The highest BCUT2D eigenvalue weighted by Gasteiger charge is 2.49. The zero-order valence-electron chi connectivity index (χ0n) is 18.0. The molecule has 0 radical (unpaired) electrons. The Morgan fingerprint density at radius 2 is 0.719 bits per heavy atom. The lowest BCUT2D eigenvalue weighted by Gasteiger charge is -2.42. The fourth-order valence-electron chi connectivity index (χ4n) is 4.28. The highest BCUT2D eigenvalue weighted by atomic mass is 28.4. The highest BCUT2D eigenvalue weighted by molar-refractivity contribution is 6.78. The smallest absolute Gasteiger partial charge is 0.259 e. The van der Waals surface area contributed by atoms with Crippen LogP contribution in [0.4, 0.5) is 39.5 Å². The van der Waals surface area contributed by atoms with Crippen molar-refractivity contribution in [2.45, 2.75) is 58.2 Å². The van der Waals surface area contributed by atoms with Crippen LogP contribution in [-0.2, 0) is 0 Å². The molecule has 0 aliphatic carbocycles. The maximum absolute atomic E-state index is 15.3. The first-order chi connectivity index (χ1) is 14.6. The van der Waals surface area contributed by atoms with Crippen molar-refractivity contribution in [3.05, 3.63) is 52.4 Å². The van der Waals surface area contributed by atoms with Gasteiger partial charge < -0.3 is 4.43 Å². The molecule has 0 aliphatic heterocycles. The van der Waals surface area contributed by atoms with E-state index in [0.29, 0.717) is 0 Å². The van der Waals surface area contributed by atoms with E-state index >= 15 is 4.39 Å². The number of hydrogen-bond donors (Lipinski definition) is 0. The Morgan fingerprint density at radius 1 is 0.438 bits per heavy atom. The zero-order valence-corrected chi connectivity index (χ0v) is 19.0. The summed E-state index contributed by atoms with van der Waals surface area (Å²) in [6.07, 6.45) is 0. The number of benzene rings is 2. The average molecular weight is 488 g/mol. The molecule has 0 unspecified atom stereocenters. The second-order valence-corrected chi connectivity index (χ2v) is 13.7. The summed E-state index contributed by atoms with van der Waals surface area (Å²) in [6, 6.07) is 0.